The average Bonchev–Trinajstić information content (AvgIpc) is 2.30. The Morgan fingerprint density at radius 2 is 2.40 bits per heavy atom. The molecule has 1 N–H and O–H groups in total. The fourth-order valence-corrected chi connectivity index (χ4v) is 1.39. The number of hydrogen-bond donors (Lipinski definition) is 1. The Hall–Kier alpha value is -1.40. The second-order valence-electron chi connectivity index (χ2n) is 3.38. The van der Waals surface area contributed by atoms with Crippen molar-refractivity contribution in [2.45, 2.75) is 32.2 Å². The van der Waals surface area contributed by atoms with E-state index in [1.807, 2.05) is 0 Å². The van der Waals surface area contributed by atoms with Gasteiger partial charge in [0.1, 0.15) is 0 Å². The predicted octanol–water partition coefficient (Wildman–Crippen LogP) is 1.93. The maximum Gasteiger partial charge on any atom is 0.0756 e. The van der Waals surface area contributed by atoms with Crippen LogP contribution >= 0.6 is 0 Å². The number of hydrogen-bond acceptors (Lipinski definition) is 3. The third kappa shape index (κ3) is 4.09. The Morgan fingerprint density at radius 1 is 1.53 bits per heavy atom. The van der Waals surface area contributed by atoms with E-state index in [0.717, 1.165) is 31.5 Å². The highest BCUT2D eigenvalue weighted by molar-refractivity contribution is 5.03. The number of terminal acetylenes is 1. The molecule has 80 valence electrons. The van der Waals surface area contributed by atoms with Crippen LogP contribution in [0.3, 0.4) is 0 Å². The summed E-state index contributed by atoms with van der Waals surface area (Å²) in [6.45, 7) is 3.12. The zero-order valence-electron chi connectivity index (χ0n) is 9.11. The number of nitrogens with zero attached hydrogens (tertiary/aromatic N) is 2. The zero-order valence-corrected chi connectivity index (χ0v) is 9.11. The predicted molar refractivity (Wildman–Crippen MR) is 61.1 cm³/mol. The lowest BCUT2D eigenvalue weighted by Crippen LogP contribution is -2.23. The van der Waals surface area contributed by atoms with Crippen LogP contribution in [-0.2, 0) is 0 Å². The van der Waals surface area contributed by atoms with Gasteiger partial charge in [-0.1, -0.05) is 6.92 Å². The minimum Gasteiger partial charge on any atom is -0.309 e. The molecule has 0 fully saturated rings. The molecule has 3 heteroatoms. The van der Waals surface area contributed by atoms with Crippen molar-refractivity contribution in [1.82, 2.24) is 15.3 Å². The van der Waals surface area contributed by atoms with Crippen molar-refractivity contribution in [3.8, 4) is 12.3 Å². The normalized spacial score (nSPS) is 12.0. The van der Waals surface area contributed by atoms with Gasteiger partial charge in [-0.05, 0) is 19.4 Å². The molecule has 0 aromatic carbocycles. The van der Waals surface area contributed by atoms with Gasteiger partial charge in [0.15, 0.2) is 0 Å². The van der Waals surface area contributed by atoms with Gasteiger partial charge >= 0.3 is 0 Å². The number of nitrogens with one attached hydrogen (secondary N) is 1. The van der Waals surface area contributed by atoms with Crippen LogP contribution in [-0.4, -0.2) is 16.5 Å². The van der Waals surface area contributed by atoms with Crippen molar-refractivity contribution in [2.24, 2.45) is 0 Å². The van der Waals surface area contributed by atoms with Crippen molar-refractivity contribution in [3.63, 3.8) is 0 Å². The van der Waals surface area contributed by atoms with Crippen molar-refractivity contribution < 1.29 is 0 Å². The molecule has 0 radical (unpaired) electrons. The SMILES string of the molecule is C#CCCC(NCCC)c1cnccn1. The average molecular weight is 203 g/mol. The first kappa shape index (κ1) is 11.7. The van der Waals surface area contributed by atoms with Gasteiger partial charge in [-0.15, -0.1) is 12.3 Å². The molecule has 3 nitrogen and oxygen atoms in total. The number of aromatic nitrogens is 2. The Morgan fingerprint density at radius 3 is 3.00 bits per heavy atom. The largest absolute Gasteiger partial charge is 0.309 e. The van der Waals surface area contributed by atoms with Crippen LogP contribution in [0.25, 0.3) is 0 Å². The van der Waals surface area contributed by atoms with Crippen LogP contribution in [0.2, 0.25) is 0 Å². The van der Waals surface area contributed by atoms with Gasteiger partial charge in [0.2, 0.25) is 0 Å². The fraction of sp³-hybridized carbons (Fsp3) is 0.500. The molecule has 1 atom stereocenters. The van der Waals surface area contributed by atoms with Crippen LogP contribution in [0.5, 0.6) is 0 Å². The topological polar surface area (TPSA) is 37.8 Å². The van der Waals surface area contributed by atoms with Gasteiger partial charge in [0.25, 0.3) is 0 Å². The van der Waals surface area contributed by atoms with Crippen LogP contribution < -0.4 is 5.32 Å². The Kier molecular flexibility index (Phi) is 5.42. The molecular weight excluding hydrogens is 186 g/mol. The molecule has 1 rings (SSSR count). The fourth-order valence-electron chi connectivity index (χ4n) is 1.39. The van der Waals surface area contributed by atoms with Crippen LogP contribution in [0.15, 0.2) is 18.6 Å². The van der Waals surface area contributed by atoms with E-state index in [9.17, 15) is 0 Å². The summed E-state index contributed by atoms with van der Waals surface area (Å²) in [5, 5.41) is 3.42. The standard InChI is InChI=1S/C12H17N3/c1-3-5-6-11(14-7-4-2)12-10-13-8-9-15-12/h1,8-11,14H,4-7H2,2H3. The van der Waals surface area contributed by atoms with Gasteiger partial charge in [-0.25, -0.2) is 0 Å². The monoisotopic (exact) mass is 203 g/mol. The summed E-state index contributed by atoms with van der Waals surface area (Å²) >= 11 is 0. The number of rotatable bonds is 6. The highest BCUT2D eigenvalue weighted by atomic mass is 14.9. The summed E-state index contributed by atoms with van der Waals surface area (Å²) < 4.78 is 0. The quantitative estimate of drug-likeness (QED) is 0.718. The third-order valence-electron chi connectivity index (χ3n) is 2.16. The smallest absolute Gasteiger partial charge is 0.0756 e. The van der Waals surface area contributed by atoms with Crippen molar-refractivity contribution in [3.05, 3.63) is 24.3 Å². The highest BCUT2D eigenvalue weighted by Crippen LogP contribution is 2.14. The highest BCUT2D eigenvalue weighted by Gasteiger charge is 2.10. The maximum absolute atomic E-state index is 5.27. The first-order valence-corrected chi connectivity index (χ1v) is 5.31. The molecule has 1 unspecified atom stereocenters. The van der Waals surface area contributed by atoms with Crippen molar-refractivity contribution in [1.29, 1.82) is 0 Å². The molecule has 0 amide bonds. The molecule has 0 bridgehead atoms. The van der Waals surface area contributed by atoms with E-state index in [1.165, 1.54) is 0 Å². The zero-order chi connectivity index (χ0) is 10.9. The summed E-state index contributed by atoms with van der Waals surface area (Å²) in [5.41, 5.74) is 0.973. The van der Waals surface area contributed by atoms with Crippen LogP contribution in [0, 0.1) is 12.3 Å². The van der Waals surface area contributed by atoms with E-state index in [2.05, 4.69) is 28.1 Å². The van der Waals surface area contributed by atoms with E-state index in [4.69, 9.17) is 6.42 Å². The second kappa shape index (κ2) is 6.97. The molecule has 0 aliphatic rings. The van der Waals surface area contributed by atoms with E-state index in [1.54, 1.807) is 18.6 Å². The van der Waals surface area contributed by atoms with Crippen LogP contribution in [0.4, 0.5) is 0 Å². The first-order chi connectivity index (χ1) is 7.38. The van der Waals surface area contributed by atoms with Crippen LogP contribution in [0.1, 0.15) is 37.9 Å². The molecular formula is C12H17N3. The molecule has 0 spiro atoms. The molecule has 1 aromatic heterocycles. The first-order valence-electron chi connectivity index (χ1n) is 5.31. The Labute approximate surface area is 91.3 Å². The third-order valence-corrected chi connectivity index (χ3v) is 2.16. The summed E-state index contributed by atoms with van der Waals surface area (Å²) in [5.74, 6) is 2.66. The molecule has 15 heavy (non-hydrogen) atoms. The lowest BCUT2D eigenvalue weighted by Gasteiger charge is -2.16. The van der Waals surface area contributed by atoms with E-state index < -0.39 is 0 Å². The molecule has 1 aromatic rings. The van der Waals surface area contributed by atoms with Gasteiger partial charge in [-0.3, -0.25) is 9.97 Å². The summed E-state index contributed by atoms with van der Waals surface area (Å²) in [7, 11) is 0. The van der Waals surface area contributed by atoms with Crippen molar-refractivity contribution >= 4 is 0 Å². The van der Waals surface area contributed by atoms with E-state index in [0.29, 0.717) is 0 Å². The molecule has 0 aliphatic heterocycles. The Balaban J connectivity index is 2.59. The van der Waals surface area contributed by atoms with Gasteiger partial charge in [0.05, 0.1) is 11.7 Å². The van der Waals surface area contributed by atoms with Crippen molar-refractivity contribution in [2.75, 3.05) is 6.54 Å². The minimum atomic E-state index is 0.231. The lowest BCUT2D eigenvalue weighted by atomic mass is 10.1. The Bertz CT molecular complexity index is 302. The van der Waals surface area contributed by atoms with E-state index >= 15 is 0 Å². The molecule has 0 saturated carbocycles. The minimum absolute atomic E-state index is 0.231. The summed E-state index contributed by atoms with van der Waals surface area (Å²) in [6, 6.07) is 0.231. The molecule has 0 saturated heterocycles. The summed E-state index contributed by atoms with van der Waals surface area (Å²) in [4.78, 5) is 8.36. The molecule has 0 aliphatic carbocycles. The second-order valence-corrected chi connectivity index (χ2v) is 3.38. The van der Waals surface area contributed by atoms with E-state index in [-0.39, 0.29) is 6.04 Å². The lowest BCUT2D eigenvalue weighted by molar-refractivity contribution is 0.493. The summed E-state index contributed by atoms with van der Waals surface area (Å²) in [6.07, 6.45) is 13.2. The van der Waals surface area contributed by atoms with Gasteiger partial charge in [0, 0.05) is 25.0 Å². The van der Waals surface area contributed by atoms with Gasteiger partial charge < -0.3 is 5.32 Å². The molecule has 1 heterocycles. The maximum atomic E-state index is 5.27. The van der Waals surface area contributed by atoms with Gasteiger partial charge in [-0.2, -0.15) is 0 Å².